The standard InChI is InChI=1S/C11H9N5O5/c1-21-11(18)9(17)5-6-2-3-7(4-8(6)16(19)20)10-12-14-15-13-10/h2-4H,5H2,1H3,(H,12,13,14,15). The van der Waals surface area contributed by atoms with Crippen LogP contribution in [0, 0.1) is 10.1 Å². The number of esters is 1. The number of benzene rings is 1. The van der Waals surface area contributed by atoms with E-state index in [1.54, 1.807) is 0 Å². The molecule has 0 aliphatic heterocycles. The van der Waals surface area contributed by atoms with Gasteiger partial charge < -0.3 is 4.74 Å². The zero-order valence-electron chi connectivity index (χ0n) is 10.8. The number of hydrogen-bond donors (Lipinski definition) is 1. The zero-order valence-corrected chi connectivity index (χ0v) is 10.8. The number of aromatic amines is 1. The first-order valence-electron chi connectivity index (χ1n) is 5.65. The predicted octanol–water partition coefficient (Wildman–Crippen LogP) is 0.0595. The second kappa shape index (κ2) is 5.86. The molecule has 108 valence electrons. The van der Waals surface area contributed by atoms with Gasteiger partial charge in [-0.15, -0.1) is 10.2 Å². The number of nitrogens with zero attached hydrogens (tertiary/aromatic N) is 4. The number of ether oxygens (including phenoxy) is 1. The van der Waals surface area contributed by atoms with Crippen molar-refractivity contribution in [2.75, 3.05) is 7.11 Å². The Morgan fingerprint density at radius 1 is 1.43 bits per heavy atom. The minimum absolute atomic E-state index is 0.0997. The molecule has 2 aromatic rings. The number of carbonyl (C=O) groups is 2. The summed E-state index contributed by atoms with van der Waals surface area (Å²) >= 11 is 0. The lowest BCUT2D eigenvalue weighted by Crippen LogP contribution is -2.18. The van der Waals surface area contributed by atoms with Gasteiger partial charge in [-0.1, -0.05) is 12.1 Å². The summed E-state index contributed by atoms with van der Waals surface area (Å²) < 4.78 is 4.28. The number of carbonyl (C=O) groups excluding carboxylic acids is 2. The molecule has 10 heteroatoms. The van der Waals surface area contributed by atoms with Crippen LogP contribution in [0.1, 0.15) is 5.56 Å². The lowest BCUT2D eigenvalue weighted by Gasteiger charge is -2.03. The molecule has 0 aliphatic carbocycles. The third-order valence-electron chi connectivity index (χ3n) is 2.65. The molecule has 0 aliphatic rings. The van der Waals surface area contributed by atoms with E-state index >= 15 is 0 Å². The number of hydrogen-bond acceptors (Lipinski definition) is 8. The van der Waals surface area contributed by atoms with Crippen LogP contribution in [0.25, 0.3) is 11.4 Å². The van der Waals surface area contributed by atoms with Crippen molar-refractivity contribution in [3.05, 3.63) is 33.9 Å². The van der Waals surface area contributed by atoms with Crippen LogP contribution in [0.4, 0.5) is 5.69 Å². The number of tetrazole rings is 1. The van der Waals surface area contributed by atoms with Crippen molar-refractivity contribution in [2.45, 2.75) is 6.42 Å². The molecule has 0 fully saturated rings. The van der Waals surface area contributed by atoms with Gasteiger partial charge in [0.2, 0.25) is 11.6 Å². The van der Waals surface area contributed by atoms with E-state index in [0.29, 0.717) is 5.56 Å². The van der Waals surface area contributed by atoms with Crippen molar-refractivity contribution in [1.29, 1.82) is 0 Å². The molecule has 21 heavy (non-hydrogen) atoms. The lowest BCUT2D eigenvalue weighted by atomic mass is 10.0. The molecule has 10 nitrogen and oxygen atoms in total. The molecule has 2 rings (SSSR count). The van der Waals surface area contributed by atoms with Crippen molar-refractivity contribution >= 4 is 17.4 Å². The minimum atomic E-state index is -1.05. The Labute approximate surface area is 117 Å². The summed E-state index contributed by atoms with van der Waals surface area (Å²) in [6.45, 7) is 0. The van der Waals surface area contributed by atoms with Crippen LogP contribution >= 0.6 is 0 Å². The van der Waals surface area contributed by atoms with Crippen molar-refractivity contribution in [3.63, 3.8) is 0 Å². The summed E-state index contributed by atoms with van der Waals surface area (Å²) in [4.78, 5) is 33.0. The topological polar surface area (TPSA) is 141 Å². The summed E-state index contributed by atoms with van der Waals surface area (Å²) in [5.74, 6) is -1.73. The summed E-state index contributed by atoms with van der Waals surface area (Å²) in [7, 11) is 1.06. The Bertz CT molecular complexity index is 697. The molecule has 0 atom stereocenters. The molecule has 1 aromatic heterocycles. The maximum atomic E-state index is 11.5. The number of rotatable bonds is 5. The number of Topliss-reactive ketones (excluding diaryl/α,β-unsaturated/α-hetero) is 1. The van der Waals surface area contributed by atoms with E-state index in [2.05, 4.69) is 25.4 Å². The Balaban J connectivity index is 2.36. The van der Waals surface area contributed by atoms with E-state index in [1.807, 2.05) is 0 Å². The fourth-order valence-corrected chi connectivity index (χ4v) is 1.67. The Morgan fingerprint density at radius 3 is 2.76 bits per heavy atom. The second-order valence-electron chi connectivity index (χ2n) is 3.93. The van der Waals surface area contributed by atoms with E-state index < -0.39 is 23.1 Å². The van der Waals surface area contributed by atoms with Crippen LogP contribution in [0.3, 0.4) is 0 Å². The van der Waals surface area contributed by atoms with Crippen LogP contribution in [0.15, 0.2) is 18.2 Å². The van der Waals surface area contributed by atoms with Crippen molar-refractivity contribution < 1.29 is 19.2 Å². The Kier molecular flexibility index (Phi) is 3.97. The van der Waals surface area contributed by atoms with Gasteiger partial charge in [-0.3, -0.25) is 14.9 Å². The van der Waals surface area contributed by atoms with Gasteiger partial charge >= 0.3 is 5.97 Å². The fraction of sp³-hybridized carbons (Fsp3) is 0.182. The van der Waals surface area contributed by atoms with E-state index in [1.165, 1.54) is 18.2 Å². The number of ketones is 1. The van der Waals surface area contributed by atoms with E-state index in [0.717, 1.165) is 7.11 Å². The number of aromatic nitrogens is 4. The third-order valence-corrected chi connectivity index (χ3v) is 2.65. The van der Waals surface area contributed by atoms with Gasteiger partial charge in [0.15, 0.2) is 0 Å². The molecule has 0 radical (unpaired) electrons. The third kappa shape index (κ3) is 3.05. The molecule has 1 heterocycles. The van der Waals surface area contributed by atoms with Gasteiger partial charge in [0.05, 0.1) is 12.0 Å². The van der Waals surface area contributed by atoms with Gasteiger partial charge in [-0.2, -0.15) is 5.21 Å². The van der Waals surface area contributed by atoms with Crippen molar-refractivity contribution in [3.8, 4) is 11.4 Å². The average Bonchev–Trinajstić information content (AvgIpc) is 3.00. The van der Waals surface area contributed by atoms with Crippen LogP contribution in [0.5, 0.6) is 0 Å². The van der Waals surface area contributed by atoms with Gasteiger partial charge in [-0.05, 0) is 5.21 Å². The average molecular weight is 291 g/mol. The molecule has 0 unspecified atom stereocenters. The first-order valence-corrected chi connectivity index (χ1v) is 5.65. The van der Waals surface area contributed by atoms with Gasteiger partial charge in [-0.25, -0.2) is 4.79 Å². The van der Waals surface area contributed by atoms with E-state index in [4.69, 9.17) is 0 Å². The zero-order chi connectivity index (χ0) is 15.4. The highest BCUT2D eigenvalue weighted by Gasteiger charge is 2.22. The second-order valence-corrected chi connectivity index (χ2v) is 3.93. The summed E-state index contributed by atoms with van der Waals surface area (Å²) in [6, 6.07) is 4.08. The molecular formula is C11H9N5O5. The van der Waals surface area contributed by atoms with Gasteiger partial charge in [0.1, 0.15) is 0 Å². The van der Waals surface area contributed by atoms with Crippen molar-refractivity contribution in [2.24, 2.45) is 0 Å². The van der Waals surface area contributed by atoms with Crippen LogP contribution < -0.4 is 0 Å². The highest BCUT2D eigenvalue weighted by Crippen LogP contribution is 2.25. The lowest BCUT2D eigenvalue weighted by molar-refractivity contribution is -0.385. The predicted molar refractivity (Wildman–Crippen MR) is 67.0 cm³/mol. The quantitative estimate of drug-likeness (QED) is 0.353. The number of nitrogens with one attached hydrogen (secondary N) is 1. The molecule has 0 saturated carbocycles. The maximum absolute atomic E-state index is 11.5. The van der Waals surface area contributed by atoms with Crippen LogP contribution in [-0.4, -0.2) is 44.4 Å². The van der Waals surface area contributed by atoms with Gasteiger partial charge in [0, 0.05) is 23.6 Å². The van der Waals surface area contributed by atoms with Crippen LogP contribution in [0.2, 0.25) is 0 Å². The van der Waals surface area contributed by atoms with Crippen molar-refractivity contribution in [1.82, 2.24) is 20.6 Å². The molecule has 0 bridgehead atoms. The summed E-state index contributed by atoms with van der Waals surface area (Å²) in [5.41, 5.74) is 0.155. The number of nitro groups is 1. The number of nitro benzene ring substituents is 1. The SMILES string of the molecule is COC(=O)C(=O)Cc1ccc(-c2nn[nH]n2)cc1[N+](=O)[O-]. The number of methoxy groups -OCH3 is 1. The normalized spacial score (nSPS) is 10.1. The first kappa shape index (κ1) is 14.2. The first-order chi connectivity index (χ1) is 10.0. The minimum Gasteiger partial charge on any atom is -0.463 e. The molecular weight excluding hydrogens is 282 g/mol. The van der Waals surface area contributed by atoms with E-state index in [9.17, 15) is 19.7 Å². The van der Waals surface area contributed by atoms with Gasteiger partial charge in [0.25, 0.3) is 5.69 Å². The molecule has 1 aromatic carbocycles. The maximum Gasteiger partial charge on any atom is 0.374 e. The smallest absolute Gasteiger partial charge is 0.374 e. The van der Waals surface area contributed by atoms with E-state index in [-0.39, 0.29) is 17.1 Å². The Hall–Kier alpha value is -3.17. The molecule has 0 saturated heterocycles. The fourth-order valence-electron chi connectivity index (χ4n) is 1.67. The molecule has 0 spiro atoms. The molecule has 1 N–H and O–H groups in total. The highest BCUT2D eigenvalue weighted by atomic mass is 16.6. The number of H-pyrrole nitrogens is 1. The largest absolute Gasteiger partial charge is 0.463 e. The summed E-state index contributed by atoms with van der Waals surface area (Å²) in [5, 5.41) is 24.1. The van der Waals surface area contributed by atoms with Crippen LogP contribution in [-0.2, 0) is 20.7 Å². The molecule has 0 amide bonds. The monoisotopic (exact) mass is 291 g/mol. The Morgan fingerprint density at radius 2 is 2.19 bits per heavy atom. The highest BCUT2D eigenvalue weighted by molar-refractivity contribution is 6.34. The summed E-state index contributed by atoms with van der Waals surface area (Å²) in [6.07, 6.45) is -0.421.